The molecular weight excluding hydrogens is 262 g/mol. The summed E-state index contributed by atoms with van der Waals surface area (Å²) in [6.07, 6.45) is 8.30. The molecule has 0 unspecified atom stereocenters. The lowest BCUT2D eigenvalue weighted by molar-refractivity contribution is 0.424. The fourth-order valence-electron chi connectivity index (χ4n) is 2.41. The molecule has 0 aromatic carbocycles. The Bertz CT molecular complexity index is 536. The van der Waals surface area contributed by atoms with Crippen LogP contribution in [-0.2, 0) is 13.1 Å². The summed E-state index contributed by atoms with van der Waals surface area (Å²) < 4.78 is 4.18. The fraction of sp³-hybridized carbons (Fsp3) is 0.625. The lowest BCUT2D eigenvalue weighted by atomic mass is 10.2. The molecule has 5 nitrogen and oxygen atoms in total. The van der Waals surface area contributed by atoms with E-state index in [1.807, 2.05) is 6.33 Å². The molecule has 0 aliphatic rings. The number of hydrogen-bond donors (Lipinski definition) is 1. The van der Waals surface area contributed by atoms with Gasteiger partial charge in [0.1, 0.15) is 0 Å². The molecule has 2 heterocycles. The SMILES string of the molecule is CCC(CC)n1ccc(Cn2cnc(CNC(C)C)c2)n1. The zero-order valence-corrected chi connectivity index (χ0v) is 13.6. The maximum absolute atomic E-state index is 4.68. The van der Waals surface area contributed by atoms with Gasteiger partial charge in [-0.05, 0) is 18.9 Å². The van der Waals surface area contributed by atoms with E-state index in [1.165, 1.54) is 0 Å². The molecule has 0 aliphatic carbocycles. The molecule has 2 rings (SSSR count). The van der Waals surface area contributed by atoms with Crippen molar-refractivity contribution < 1.29 is 0 Å². The molecule has 5 heteroatoms. The van der Waals surface area contributed by atoms with Crippen LogP contribution in [0.4, 0.5) is 0 Å². The Morgan fingerprint density at radius 1 is 1.19 bits per heavy atom. The Morgan fingerprint density at radius 3 is 2.62 bits per heavy atom. The van der Waals surface area contributed by atoms with E-state index in [0.717, 1.165) is 37.3 Å². The summed E-state index contributed by atoms with van der Waals surface area (Å²) in [5, 5.41) is 8.06. The minimum atomic E-state index is 0.478. The van der Waals surface area contributed by atoms with E-state index in [-0.39, 0.29) is 0 Å². The van der Waals surface area contributed by atoms with Crippen LogP contribution in [-0.4, -0.2) is 25.4 Å². The molecule has 1 N–H and O–H groups in total. The monoisotopic (exact) mass is 289 g/mol. The summed E-state index contributed by atoms with van der Waals surface area (Å²) in [5.74, 6) is 0. The number of hydrogen-bond acceptors (Lipinski definition) is 3. The molecular formula is C16H27N5. The first-order chi connectivity index (χ1) is 10.1. The third kappa shape index (κ3) is 4.43. The molecule has 0 bridgehead atoms. The number of rotatable bonds is 8. The fourth-order valence-corrected chi connectivity index (χ4v) is 2.41. The molecule has 0 spiro atoms. The van der Waals surface area contributed by atoms with E-state index in [2.05, 4.69) is 70.8 Å². The van der Waals surface area contributed by atoms with Crippen molar-refractivity contribution in [2.24, 2.45) is 0 Å². The van der Waals surface area contributed by atoms with Gasteiger partial charge in [0.25, 0.3) is 0 Å². The van der Waals surface area contributed by atoms with E-state index in [4.69, 9.17) is 0 Å². The highest BCUT2D eigenvalue weighted by Gasteiger charge is 2.08. The Morgan fingerprint density at radius 2 is 1.95 bits per heavy atom. The standard InChI is InChI=1S/C16H27N5/c1-5-16(6-2)21-8-7-14(19-21)10-20-11-15(18-12-20)9-17-13(3)4/h7-8,11-13,16-17H,5-6,9-10H2,1-4H3. The Balaban J connectivity index is 1.95. The molecule has 116 valence electrons. The molecule has 2 aromatic rings. The predicted molar refractivity (Wildman–Crippen MR) is 85.2 cm³/mol. The minimum absolute atomic E-state index is 0.478. The second-order valence-corrected chi connectivity index (χ2v) is 5.83. The highest BCUT2D eigenvalue weighted by Crippen LogP contribution is 2.14. The van der Waals surface area contributed by atoms with Gasteiger partial charge in [-0.3, -0.25) is 4.68 Å². The Labute approximate surface area is 127 Å². The average Bonchev–Trinajstić information content (AvgIpc) is 3.08. The predicted octanol–water partition coefficient (Wildman–Crippen LogP) is 2.99. The van der Waals surface area contributed by atoms with Gasteiger partial charge < -0.3 is 9.88 Å². The van der Waals surface area contributed by atoms with Crippen LogP contribution in [0.25, 0.3) is 0 Å². The first-order valence-corrected chi connectivity index (χ1v) is 7.90. The average molecular weight is 289 g/mol. The van der Waals surface area contributed by atoms with E-state index < -0.39 is 0 Å². The van der Waals surface area contributed by atoms with Crippen LogP contribution in [0.2, 0.25) is 0 Å². The van der Waals surface area contributed by atoms with Crippen LogP contribution in [0.5, 0.6) is 0 Å². The molecule has 0 fully saturated rings. The molecule has 0 amide bonds. The van der Waals surface area contributed by atoms with Gasteiger partial charge in [-0.25, -0.2) is 4.98 Å². The molecule has 0 radical (unpaired) electrons. The van der Waals surface area contributed by atoms with E-state index >= 15 is 0 Å². The number of imidazole rings is 1. The van der Waals surface area contributed by atoms with E-state index in [0.29, 0.717) is 12.1 Å². The topological polar surface area (TPSA) is 47.7 Å². The summed E-state index contributed by atoms with van der Waals surface area (Å²) in [6, 6.07) is 3.09. The highest BCUT2D eigenvalue weighted by atomic mass is 15.3. The van der Waals surface area contributed by atoms with Crippen molar-refractivity contribution in [3.05, 3.63) is 36.2 Å². The molecule has 0 saturated carbocycles. The second kappa shape index (κ2) is 7.41. The van der Waals surface area contributed by atoms with Crippen molar-refractivity contribution in [2.75, 3.05) is 0 Å². The first kappa shape index (κ1) is 15.8. The van der Waals surface area contributed by atoms with Crippen LogP contribution < -0.4 is 5.32 Å². The summed E-state index contributed by atoms with van der Waals surface area (Å²) in [6.45, 7) is 10.3. The maximum Gasteiger partial charge on any atom is 0.0953 e. The summed E-state index contributed by atoms with van der Waals surface area (Å²) in [7, 11) is 0. The second-order valence-electron chi connectivity index (χ2n) is 5.83. The van der Waals surface area contributed by atoms with Crippen molar-refractivity contribution >= 4 is 0 Å². The zero-order valence-electron chi connectivity index (χ0n) is 13.6. The molecule has 0 saturated heterocycles. The van der Waals surface area contributed by atoms with Crippen molar-refractivity contribution in [1.29, 1.82) is 0 Å². The third-order valence-corrected chi connectivity index (χ3v) is 3.70. The van der Waals surface area contributed by atoms with Gasteiger partial charge in [0.2, 0.25) is 0 Å². The van der Waals surface area contributed by atoms with Crippen molar-refractivity contribution in [2.45, 2.75) is 65.7 Å². The van der Waals surface area contributed by atoms with E-state index in [9.17, 15) is 0 Å². The minimum Gasteiger partial charge on any atom is -0.331 e. The normalized spacial score (nSPS) is 11.7. The summed E-state index contributed by atoms with van der Waals surface area (Å²) >= 11 is 0. The zero-order chi connectivity index (χ0) is 15.2. The Hall–Kier alpha value is -1.62. The van der Waals surface area contributed by atoms with Gasteiger partial charge in [0, 0.05) is 25.0 Å². The van der Waals surface area contributed by atoms with Crippen molar-refractivity contribution in [3.8, 4) is 0 Å². The smallest absolute Gasteiger partial charge is 0.0953 e. The third-order valence-electron chi connectivity index (χ3n) is 3.70. The van der Waals surface area contributed by atoms with Crippen molar-refractivity contribution in [1.82, 2.24) is 24.6 Å². The van der Waals surface area contributed by atoms with Crippen LogP contribution in [0.3, 0.4) is 0 Å². The lowest BCUT2D eigenvalue weighted by Gasteiger charge is -2.12. The van der Waals surface area contributed by atoms with Crippen LogP contribution in [0.1, 0.15) is 58.0 Å². The highest BCUT2D eigenvalue weighted by molar-refractivity contribution is 5.04. The van der Waals surface area contributed by atoms with Gasteiger partial charge in [0.15, 0.2) is 0 Å². The van der Waals surface area contributed by atoms with Gasteiger partial charge in [-0.1, -0.05) is 27.7 Å². The molecule has 0 aliphatic heterocycles. The van der Waals surface area contributed by atoms with Crippen molar-refractivity contribution in [3.63, 3.8) is 0 Å². The molecule has 2 aromatic heterocycles. The van der Waals surface area contributed by atoms with E-state index in [1.54, 1.807) is 0 Å². The quantitative estimate of drug-likeness (QED) is 0.812. The summed E-state index contributed by atoms with van der Waals surface area (Å²) in [5.41, 5.74) is 2.16. The molecule has 0 atom stereocenters. The summed E-state index contributed by atoms with van der Waals surface area (Å²) in [4.78, 5) is 4.42. The number of nitrogens with zero attached hydrogens (tertiary/aromatic N) is 4. The van der Waals surface area contributed by atoms with Gasteiger partial charge in [-0.2, -0.15) is 5.10 Å². The lowest BCUT2D eigenvalue weighted by Crippen LogP contribution is -2.21. The van der Waals surface area contributed by atoms with Crippen LogP contribution in [0, 0.1) is 0 Å². The Kier molecular flexibility index (Phi) is 5.56. The van der Waals surface area contributed by atoms with Crippen LogP contribution in [0.15, 0.2) is 24.8 Å². The maximum atomic E-state index is 4.68. The number of nitrogens with one attached hydrogen (secondary N) is 1. The van der Waals surface area contributed by atoms with Gasteiger partial charge >= 0.3 is 0 Å². The van der Waals surface area contributed by atoms with Crippen LogP contribution >= 0.6 is 0 Å². The first-order valence-electron chi connectivity index (χ1n) is 7.90. The van der Waals surface area contributed by atoms with Gasteiger partial charge in [0.05, 0.1) is 30.3 Å². The molecule has 21 heavy (non-hydrogen) atoms. The number of aromatic nitrogens is 4. The largest absolute Gasteiger partial charge is 0.331 e. The van der Waals surface area contributed by atoms with Gasteiger partial charge in [-0.15, -0.1) is 0 Å².